The van der Waals surface area contributed by atoms with Crippen molar-refractivity contribution in [2.75, 3.05) is 6.61 Å². The van der Waals surface area contributed by atoms with Crippen LogP contribution in [-0.2, 0) is 9.53 Å². The first kappa shape index (κ1) is 11.5. The lowest BCUT2D eigenvalue weighted by Crippen LogP contribution is -2.01. The largest absolute Gasteiger partial charge is 0.466 e. The standard InChI is InChI=1S/C10H20O2/c1-4-9(2)7-5-6-8-12-10(3)11/h9H,4-8H2,1-3H3. The van der Waals surface area contributed by atoms with Crippen molar-refractivity contribution in [1.29, 1.82) is 0 Å². The van der Waals surface area contributed by atoms with Crippen molar-refractivity contribution in [1.82, 2.24) is 0 Å². The summed E-state index contributed by atoms with van der Waals surface area (Å²) >= 11 is 0. The average molecular weight is 172 g/mol. The van der Waals surface area contributed by atoms with Crippen LogP contribution in [0.4, 0.5) is 0 Å². The Morgan fingerprint density at radius 3 is 2.58 bits per heavy atom. The predicted octanol–water partition coefficient (Wildman–Crippen LogP) is 2.77. The molecule has 0 aromatic rings. The van der Waals surface area contributed by atoms with Crippen molar-refractivity contribution in [3.63, 3.8) is 0 Å². The number of ether oxygens (including phenoxy) is 1. The summed E-state index contributed by atoms with van der Waals surface area (Å²) in [5.41, 5.74) is 0. The second kappa shape index (κ2) is 7.14. The van der Waals surface area contributed by atoms with Crippen LogP contribution in [0.5, 0.6) is 0 Å². The van der Waals surface area contributed by atoms with E-state index >= 15 is 0 Å². The van der Waals surface area contributed by atoms with Crippen molar-refractivity contribution < 1.29 is 9.53 Å². The molecule has 2 nitrogen and oxygen atoms in total. The first-order valence-corrected chi connectivity index (χ1v) is 4.80. The number of esters is 1. The van der Waals surface area contributed by atoms with Crippen LogP contribution in [-0.4, -0.2) is 12.6 Å². The van der Waals surface area contributed by atoms with Gasteiger partial charge in [-0.3, -0.25) is 4.79 Å². The molecule has 0 saturated heterocycles. The zero-order chi connectivity index (χ0) is 9.40. The molecule has 0 amide bonds. The Morgan fingerprint density at radius 1 is 1.42 bits per heavy atom. The highest BCUT2D eigenvalue weighted by molar-refractivity contribution is 5.65. The van der Waals surface area contributed by atoms with Crippen LogP contribution in [0, 0.1) is 5.92 Å². The molecule has 0 saturated carbocycles. The smallest absolute Gasteiger partial charge is 0.302 e. The Morgan fingerprint density at radius 2 is 2.08 bits per heavy atom. The molecule has 0 radical (unpaired) electrons. The molecule has 2 heteroatoms. The number of hydrogen-bond acceptors (Lipinski definition) is 2. The minimum absolute atomic E-state index is 0.168. The van der Waals surface area contributed by atoms with E-state index in [1.807, 2.05) is 0 Å². The molecule has 0 fully saturated rings. The molecule has 12 heavy (non-hydrogen) atoms. The molecular weight excluding hydrogens is 152 g/mol. The lowest BCUT2D eigenvalue weighted by atomic mass is 10.0. The van der Waals surface area contributed by atoms with E-state index in [9.17, 15) is 4.79 Å². The quantitative estimate of drug-likeness (QED) is 0.455. The molecule has 0 spiro atoms. The lowest BCUT2D eigenvalue weighted by Gasteiger charge is -2.07. The summed E-state index contributed by atoms with van der Waals surface area (Å²) < 4.78 is 4.82. The van der Waals surface area contributed by atoms with Crippen molar-refractivity contribution in [2.45, 2.75) is 46.5 Å². The second-order valence-electron chi connectivity index (χ2n) is 3.35. The van der Waals surface area contributed by atoms with Crippen LogP contribution >= 0.6 is 0 Å². The number of unbranched alkanes of at least 4 members (excludes halogenated alkanes) is 1. The molecule has 0 aromatic carbocycles. The van der Waals surface area contributed by atoms with Gasteiger partial charge in [0, 0.05) is 6.92 Å². The van der Waals surface area contributed by atoms with Gasteiger partial charge in [-0.2, -0.15) is 0 Å². The summed E-state index contributed by atoms with van der Waals surface area (Å²) in [7, 11) is 0. The van der Waals surface area contributed by atoms with Gasteiger partial charge in [-0.25, -0.2) is 0 Å². The fourth-order valence-corrected chi connectivity index (χ4v) is 1.01. The number of carbonyl (C=O) groups excluding carboxylic acids is 1. The van der Waals surface area contributed by atoms with Crippen LogP contribution < -0.4 is 0 Å². The third kappa shape index (κ3) is 7.58. The molecule has 0 bridgehead atoms. The van der Waals surface area contributed by atoms with Crippen LogP contribution in [0.3, 0.4) is 0 Å². The highest BCUT2D eigenvalue weighted by Gasteiger charge is 1.98. The summed E-state index contributed by atoms with van der Waals surface area (Å²) in [6.07, 6.45) is 4.66. The van der Waals surface area contributed by atoms with Gasteiger partial charge in [0.05, 0.1) is 6.61 Å². The number of carbonyl (C=O) groups is 1. The zero-order valence-corrected chi connectivity index (χ0v) is 8.43. The van der Waals surface area contributed by atoms with Crippen LogP contribution in [0.2, 0.25) is 0 Å². The van der Waals surface area contributed by atoms with Gasteiger partial charge in [-0.15, -0.1) is 0 Å². The first-order chi connectivity index (χ1) is 5.66. The van der Waals surface area contributed by atoms with E-state index in [0.717, 1.165) is 12.3 Å². The van der Waals surface area contributed by atoms with Gasteiger partial charge in [0.15, 0.2) is 0 Å². The maximum absolute atomic E-state index is 10.4. The molecule has 72 valence electrons. The maximum Gasteiger partial charge on any atom is 0.302 e. The Hall–Kier alpha value is -0.530. The van der Waals surface area contributed by atoms with Gasteiger partial charge in [0.2, 0.25) is 0 Å². The van der Waals surface area contributed by atoms with Gasteiger partial charge >= 0.3 is 5.97 Å². The van der Waals surface area contributed by atoms with Crippen LogP contribution in [0.15, 0.2) is 0 Å². The van der Waals surface area contributed by atoms with Crippen molar-refractivity contribution >= 4 is 5.97 Å². The SMILES string of the molecule is CCC(C)CCCCOC(C)=O. The molecule has 0 heterocycles. The molecule has 0 rings (SSSR count). The van der Waals surface area contributed by atoms with E-state index in [0.29, 0.717) is 6.61 Å². The Labute approximate surface area is 75.3 Å². The third-order valence-electron chi connectivity index (χ3n) is 2.09. The second-order valence-corrected chi connectivity index (χ2v) is 3.35. The van der Waals surface area contributed by atoms with E-state index in [4.69, 9.17) is 4.74 Å². The monoisotopic (exact) mass is 172 g/mol. The normalized spacial score (nSPS) is 12.6. The maximum atomic E-state index is 10.4. The van der Waals surface area contributed by atoms with Crippen LogP contribution in [0.1, 0.15) is 46.5 Å². The van der Waals surface area contributed by atoms with Crippen LogP contribution in [0.25, 0.3) is 0 Å². The summed E-state index contributed by atoms with van der Waals surface area (Å²) in [6, 6.07) is 0. The molecule has 0 aromatic heterocycles. The van der Waals surface area contributed by atoms with Gasteiger partial charge in [-0.05, 0) is 18.8 Å². The minimum Gasteiger partial charge on any atom is -0.466 e. The Bertz CT molecular complexity index is 121. The zero-order valence-electron chi connectivity index (χ0n) is 8.43. The number of rotatable bonds is 6. The van der Waals surface area contributed by atoms with E-state index in [-0.39, 0.29) is 5.97 Å². The summed E-state index contributed by atoms with van der Waals surface area (Å²) in [4.78, 5) is 10.4. The average Bonchev–Trinajstić information content (AvgIpc) is 2.03. The number of hydrogen-bond donors (Lipinski definition) is 0. The third-order valence-corrected chi connectivity index (χ3v) is 2.09. The molecule has 1 atom stereocenters. The summed E-state index contributed by atoms with van der Waals surface area (Å²) in [5.74, 6) is 0.640. The molecule has 0 N–H and O–H groups in total. The highest BCUT2D eigenvalue weighted by Crippen LogP contribution is 2.10. The minimum atomic E-state index is -0.168. The van der Waals surface area contributed by atoms with E-state index in [1.165, 1.54) is 26.2 Å². The lowest BCUT2D eigenvalue weighted by molar-refractivity contribution is -0.141. The van der Waals surface area contributed by atoms with Gasteiger partial charge in [-0.1, -0.05) is 26.7 Å². The van der Waals surface area contributed by atoms with Gasteiger partial charge < -0.3 is 4.74 Å². The summed E-state index contributed by atoms with van der Waals surface area (Å²) in [5, 5.41) is 0. The van der Waals surface area contributed by atoms with Gasteiger partial charge in [0.1, 0.15) is 0 Å². The van der Waals surface area contributed by atoms with E-state index in [2.05, 4.69) is 13.8 Å². The first-order valence-electron chi connectivity index (χ1n) is 4.80. The van der Waals surface area contributed by atoms with E-state index < -0.39 is 0 Å². The van der Waals surface area contributed by atoms with Gasteiger partial charge in [0.25, 0.3) is 0 Å². The predicted molar refractivity (Wildman–Crippen MR) is 49.9 cm³/mol. The van der Waals surface area contributed by atoms with Crippen molar-refractivity contribution in [3.05, 3.63) is 0 Å². The molecule has 0 aliphatic heterocycles. The van der Waals surface area contributed by atoms with Crippen molar-refractivity contribution in [3.8, 4) is 0 Å². The molecule has 0 aliphatic carbocycles. The molecule has 1 unspecified atom stereocenters. The summed E-state index contributed by atoms with van der Waals surface area (Å²) in [6.45, 7) is 6.50. The van der Waals surface area contributed by atoms with Crippen molar-refractivity contribution in [2.24, 2.45) is 5.92 Å². The van der Waals surface area contributed by atoms with E-state index in [1.54, 1.807) is 0 Å². The Balaban J connectivity index is 3.05. The Kier molecular flexibility index (Phi) is 6.82. The highest BCUT2D eigenvalue weighted by atomic mass is 16.5. The fraction of sp³-hybridized carbons (Fsp3) is 0.900. The topological polar surface area (TPSA) is 26.3 Å². The fourth-order valence-electron chi connectivity index (χ4n) is 1.01. The molecular formula is C10H20O2. The molecule has 0 aliphatic rings.